The number of hydrogen-bond acceptors (Lipinski definition) is 3. The molecule has 1 heterocycles. The first-order valence-corrected chi connectivity index (χ1v) is 6.62. The molecule has 1 fully saturated rings. The number of carbonyl (C=O) groups is 2. The number of carboxylic acids is 1. The van der Waals surface area contributed by atoms with Crippen molar-refractivity contribution in [2.75, 3.05) is 32.7 Å². The molecule has 5 nitrogen and oxygen atoms in total. The average Bonchev–Trinajstić information content (AvgIpc) is 2.43. The molecule has 0 bridgehead atoms. The summed E-state index contributed by atoms with van der Waals surface area (Å²) >= 11 is 0. The Labute approximate surface area is 120 Å². The highest BCUT2D eigenvalue weighted by atomic mass is 19.1. The molecule has 1 aliphatic heterocycles. The van der Waals surface area contributed by atoms with Gasteiger partial charge in [0.1, 0.15) is 11.6 Å². The number of carboxylic acid groups (broad SMARTS) is 1. The molecule has 1 aromatic rings. The summed E-state index contributed by atoms with van der Waals surface area (Å²) in [5.74, 6) is -2.72. The molecule has 0 aliphatic carbocycles. The van der Waals surface area contributed by atoms with E-state index in [1.807, 2.05) is 0 Å². The van der Waals surface area contributed by atoms with Gasteiger partial charge >= 0.3 is 5.97 Å². The lowest BCUT2D eigenvalue weighted by Crippen LogP contribution is -2.50. The quantitative estimate of drug-likeness (QED) is 0.890. The Morgan fingerprint density at radius 3 is 2.19 bits per heavy atom. The number of benzene rings is 1. The second-order valence-corrected chi connectivity index (χ2v) is 4.93. The Balaban J connectivity index is 1.92. The van der Waals surface area contributed by atoms with Gasteiger partial charge in [-0.3, -0.25) is 14.5 Å². The Bertz CT molecular complexity index is 523. The summed E-state index contributed by atoms with van der Waals surface area (Å²) in [5, 5.41) is 8.69. The van der Waals surface area contributed by atoms with Crippen LogP contribution in [-0.4, -0.2) is 59.5 Å². The van der Waals surface area contributed by atoms with Crippen molar-refractivity contribution in [2.24, 2.45) is 0 Å². The van der Waals surface area contributed by atoms with Crippen LogP contribution in [0, 0.1) is 11.6 Å². The zero-order valence-corrected chi connectivity index (χ0v) is 11.4. The monoisotopic (exact) mass is 298 g/mol. The van der Waals surface area contributed by atoms with E-state index in [0.717, 1.165) is 12.1 Å². The van der Waals surface area contributed by atoms with Gasteiger partial charge < -0.3 is 10.0 Å². The third kappa shape index (κ3) is 3.98. The van der Waals surface area contributed by atoms with E-state index in [1.54, 1.807) is 4.90 Å². The van der Waals surface area contributed by atoms with Crippen molar-refractivity contribution in [1.29, 1.82) is 0 Å². The van der Waals surface area contributed by atoms with Gasteiger partial charge in [0.25, 0.3) is 0 Å². The van der Waals surface area contributed by atoms with E-state index in [2.05, 4.69) is 0 Å². The van der Waals surface area contributed by atoms with Gasteiger partial charge in [-0.05, 0) is 12.1 Å². The molecule has 1 saturated heterocycles. The van der Waals surface area contributed by atoms with Gasteiger partial charge in [-0.15, -0.1) is 0 Å². The maximum absolute atomic E-state index is 13.5. The number of amides is 1. The van der Waals surface area contributed by atoms with Crippen molar-refractivity contribution in [1.82, 2.24) is 9.80 Å². The molecule has 21 heavy (non-hydrogen) atoms. The van der Waals surface area contributed by atoms with Crippen LogP contribution in [0.4, 0.5) is 8.78 Å². The minimum Gasteiger partial charge on any atom is -0.480 e. The Morgan fingerprint density at radius 1 is 1.10 bits per heavy atom. The first-order chi connectivity index (χ1) is 9.97. The van der Waals surface area contributed by atoms with Crippen molar-refractivity contribution in [3.63, 3.8) is 0 Å². The summed E-state index contributed by atoms with van der Waals surface area (Å²) in [4.78, 5) is 25.9. The van der Waals surface area contributed by atoms with Crippen LogP contribution in [0.15, 0.2) is 18.2 Å². The number of halogens is 2. The summed E-state index contributed by atoms with van der Waals surface area (Å²) in [6, 6.07) is 3.50. The number of hydrogen-bond donors (Lipinski definition) is 1. The predicted molar refractivity (Wildman–Crippen MR) is 70.7 cm³/mol. The number of carbonyl (C=O) groups excluding carboxylic acids is 1. The van der Waals surface area contributed by atoms with Crippen molar-refractivity contribution >= 4 is 11.9 Å². The zero-order valence-electron chi connectivity index (χ0n) is 11.4. The van der Waals surface area contributed by atoms with Crippen LogP contribution in [-0.2, 0) is 16.0 Å². The van der Waals surface area contributed by atoms with Crippen LogP contribution >= 0.6 is 0 Å². The molecule has 114 valence electrons. The first-order valence-electron chi connectivity index (χ1n) is 6.62. The van der Waals surface area contributed by atoms with Crippen molar-refractivity contribution in [2.45, 2.75) is 6.42 Å². The van der Waals surface area contributed by atoms with Gasteiger partial charge in [0.05, 0.1) is 13.0 Å². The van der Waals surface area contributed by atoms with Gasteiger partial charge in [-0.1, -0.05) is 6.07 Å². The molecule has 1 aromatic carbocycles. The molecule has 0 radical (unpaired) electrons. The molecule has 0 atom stereocenters. The van der Waals surface area contributed by atoms with Gasteiger partial charge in [0.15, 0.2) is 0 Å². The molecule has 1 N–H and O–H groups in total. The molecule has 0 unspecified atom stereocenters. The molecule has 0 spiro atoms. The third-order valence-electron chi connectivity index (χ3n) is 3.47. The minimum absolute atomic E-state index is 0.0655. The predicted octanol–water partition coefficient (Wildman–Crippen LogP) is 0.736. The first kappa shape index (κ1) is 15.4. The van der Waals surface area contributed by atoms with Gasteiger partial charge in [0.2, 0.25) is 5.91 Å². The van der Waals surface area contributed by atoms with Crippen LogP contribution in [0.2, 0.25) is 0 Å². The van der Waals surface area contributed by atoms with E-state index in [-0.39, 0.29) is 24.4 Å². The van der Waals surface area contributed by atoms with Crippen molar-refractivity contribution in [3.8, 4) is 0 Å². The van der Waals surface area contributed by atoms with E-state index < -0.39 is 17.6 Å². The topological polar surface area (TPSA) is 60.9 Å². The standard InChI is InChI=1S/C14H16F2N2O3/c15-11-2-1-3-12(16)10(11)8-13(19)18-6-4-17(5-7-18)9-14(20)21/h1-3H,4-9H2,(H,20,21). The lowest BCUT2D eigenvalue weighted by molar-refractivity contribution is -0.139. The Hall–Kier alpha value is -2.02. The number of aliphatic carboxylic acids is 1. The van der Waals surface area contributed by atoms with Gasteiger partial charge in [-0.2, -0.15) is 0 Å². The van der Waals surface area contributed by atoms with E-state index >= 15 is 0 Å². The average molecular weight is 298 g/mol. The molecule has 0 saturated carbocycles. The Morgan fingerprint density at radius 2 is 1.67 bits per heavy atom. The third-order valence-corrected chi connectivity index (χ3v) is 3.47. The van der Waals surface area contributed by atoms with E-state index in [9.17, 15) is 18.4 Å². The summed E-state index contributed by atoms with van der Waals surface area (Å²) in [7, 11) is 0. The highest BCUT2D eigenvalue weighted by Gasteiger charge is 2.23. The molecule has 1 aliphatic rings. The fourth-order valence-electron chi connectivity index (χ4n) is 2.31. The summed E-state index contributed by atoms with van der Waals surface area (Å²) in [6.07, 6.45) is -0.322. The maximum Gasteiger partial charge on any atom is 0.317 e. The lowest BCUT2D eigenvalue weighted by atomic mass is 10.1. The van der Waals surface area contributed by atoms with E-state index in [0.29, 0.717) is 26.2 Å². The second-order valence-electron chi connectivity index (χ2n) is 4.93. The fourth-order valence-corrected chi connectivity index (χ4v) is 2.31. The summed E-state index contributed by atoms with van der Waals surface area (Å²) in [6.45, 7) is 1.55. The van der Waals surface area contributed by atoms with Crippen molar-refractivity contribution in [3.05, 3.63) is 35.4 Å². The molecule has 0 aromatic heterocycles. The lowest BCUT2D eigenvalue weighted by Gasteiger charge is -2.33. The smallest absolute Gasteiger partial charge is 0.317 e. The van der Waals surface area contributed by atoms with Crippen molar-refractivity contribution < 1.29 is 23.5 Å². The number of piperazine rings is 1. The molecular formula is C14H16F2N2O3. The largest absolute Gasteiger partial charge is 0.480 e. The SMILES string of the molecule is O=C(O)CN1CCN(C(=O)Cc2c(F)cccc2F)CC1. The normalized spacial score (nSPS) is 16.0. The molecule has 1 amide bonds. The highest BCUT2D eigenvalue weighted by Crippen LogP contribution is 2.14. The molecule has 2 rings (SSSR count). The van der Waals surface area contributed by atoms with Gasteiger partial charge in [-0.25, -0.2) is 8.78 Å². The van der Waals surface area contributed by atoms with Crippen LogP contribution in [0.5, 0.6) is 0 Å². The fraction of sp³-hybridized carbons (Fsp3) is 0.429. The molecule has 7 heteroatoms. The van der Waals surface area contributed by atoms with Gasteiger partial charge in [0, 0.05) is 31.7 Å². The van der Waals surface area contributed by atoms with E-state index in [4.69, 9.17) is 5.11 Å². The minimum atomic E-state index is -0.914. The van der Waals surface area contributed by atoms with E-state index in [1.165, 1.54) is 11.0 Å². The molecular weight excluding hydrogens is 282 g/mol. The summed E-state index contributed by atoms with van der Waals surface area (Å²) in [5.41, 5.74) is -0.226. The maximum atomic E-state index is 13.5. The highest BCUT2D eigenvalue weighted by molar-refractivity contribution is 5.79. The van der Waals surface area contributed by atoms with Crippen LogP contribution in [0.25, 0.3) is 0 Å². The zero-order chi connectivity index (χ0) is 15.4. The Kier molecular flexibility index (Phi) is 4.85. The second kappa shape index (κ2) is 6.62. The summed E-state index contributed by atoms with van der Waals surface area (Å²) < 4.78 is 27.0. The number of nitrogens with zero attached hydrogens (tertiary/aromatic N) is 2. The van der Waals surface area contributed by atoms with Crippen LogP contribution in [0.3, 0.4) is 0 Å². The van der Waals surface area contributed by atoms with Crippen LogP contribution in [0.1, 0.15) is 5.56 Å². The van der Waals surface area contributed by atoms with Crippen LogP contribution < -0.4 is 0 Å². The number of rotatable bonds is 4.